The Morgan fingerprint density at radius 3 is 0.593 bits per heavy atom. The fraction of sp³-hybridized carbons (Fsp3) is 0.444. The van der Waals surface area contributed by atoms with E-state index in [4.69, 9.17) is 56.8 Å². The highest BCUT2D eigenvalue weighted by Gasteiger charge is 2.43. The zero-order valence-corrected chi connectivity index (χ0v) is 82.6. The lowest BCUT2D eigenvalue weighted by Crippen LogP contribution is -2.21. The van der Waals surface area contributed by atoms with Crippen molar-refractivity contribution in [2.24, 2.45) is 0 Å². The third-order valence-corrected chi connectivity index (χ3v) is 24.4. The third kappa shape index (κ3) is 28.0. The van der Waals surface area contributed by atoms with Gasteiger partial charge in [-0.15, -0.1) is 0 Å². The lowest BCUT2D eigenvalue weighted by atomic mass is 9.92. The molecule has 10 aromatic rings. The van der Waals surface area contributed by atoms with Gasteiger partial charge in [0.15, 0.2) is 127 Å². The molecule has 10 aromatic carbocycles. The predicted octanol–water partition coefficient (Wildman–Crippen LogP) is 32.2. The summed E-state index contributed by atoms with van der Waals surface area (Å²) in [7, 11) is 0. The van der Waals surface area contributed by atoms with Crippen LogP contribution in [0.3, 0.4) is 0 Å². The molecule has 0 radical (unpaired) electrons. The van der Waals surface area contributed by atoms with Gasteiger partial charge in [0, 0.05) is 5.39 Å². The number of carbonyl (C=O) groups excluding carboxylic acids is 6. The van der Waals surface area contributed by atoms with Crippen LogP contribution in [0.5, 0.6) is 69.0 Å². The van der Waals surface area contributed by atoms with Gasteiger partial charge in [-0.25, -0.2) is 81.5 Å². The highest BCUT2D eigenvalue weighted by Crippen LogP contribution is 2.54. The number of halogens is 24. The molecule has 0 heterocycles. The predicted molar refractivity (Wildman–Crippen MR) is 500 cm³/mol. The van der Waals surface area contributed by atoms with Crippen molar-refractivity contribution >= 4 is 68.1 Å². The molecular weight excluding hydrogens is 2040 g/mol. The van der Waals surface area contributed by atoms with Gasteiger partial charge in [-0.05, 0) is 95.8 Å². The summed E-state index contributed by atoms with van der Waals surface area (Å²) in [5.74, 6) is -103. The van der Waals surface area contributed by atoms with E-state index in [0.29, 0.717) is 127 Å². The summed E-state index contributed by atoms with van der Waals surface area (Å²) < 4.78 is 463. The number of rotatable bonds is 60. The van der Waals surface area contributed by atoms with Crippen molar-refractivity contribution < 1.29 is 191 Å². The largest absolute Gasteiger partial charge is 0.487 e. The second-order valence-electron chi connectivity index (χ2n) is 35.3. The van der Waals surface area contributed by atoms with Crippen LogP contribution in [-0.2, 0) is 0 Å². The fourth-order valence-corrected chi connectivity index (χ4v) is 16.3. The maximum Gasteiger partial charge on any atom is 0.350 e. The Labute approximate surface area is 846 Å². The Kier molecular flexibility index (Phi) is 44.9. The topological polar surface area (TPSA) is 213 Å². The number of hydrogen-bond donors (Lipinski definition) is 0. The fourth-order valence-electron chi connectivity index (χ4n) is 16.3. The lowest BCUT2D eigenvalue weighted by Gasteiger charge is -2.22. The minimum Gasteiger partial charge on any atom is -0.487 e. The van der Waals surface area contributed by atoms with Gasteiger partial charge < -0.3 is 56.8 Å². The van der Waals surface area contributed by atoms with Gasteiger partial charge in [0.2, 0.25) is 75.6 Å². The standard InChI is InChI=1S/C108H108F24O18/c1-7-13-19-25-31-37-45-139-97-83(121)71(109)65(72(110)84(97)122)103(133)145-55-43-44-56-57(51-55)58-52-61(146-104(134)66-73(111)85(123)98(86(124)74(66)112)140-46-38-32-26-20-14-8-2)62(147-105(135)67-75(113)87(125)99(88(126)76(67)114)141-47-39-33-27-21-15-9-3)53-60(58)64-59(56)54-63(148-106(136)68-77(115)89(127)100(90(128)78(68)116)142-48-40-34-28-22-16-10-4)95(149-107(137)69-79(117)91(129)101(92(130)80(69)118)143-49-41-35-29-23-17-11-5)96(64)150-108(138)70-81(119)93(131)102(94(132)82(70)120)144-50-42-36-30-24-18-12-6/h43-44,51-54H,7-42,45-50H2,1-6H3. The second-order valence-corrected chi connectivity index (χ2v) is 35.3. The number of benzene rings is 10. The highest BCUT2D eigenvalue weighted by molar-refractivity contribution is 6.29. The number of carbonyl (C=O) groups is 6. The third-order valence-electron chi connectivity index (χ3n) is 24.4. The summed E-state index contributed by atoms with van der Waals surface area (Å²) in [5.41, 5.74) is -15.0. The van der Waals surface area contributed by atoms with Crippen molar-refractivity contribution in [1.29, 1.82) is 0 Å². The molecule has 0 atom stereocenters. The van der Waals surface area contributed by atoms with Crippen molar-refractivity contribution in [1.82, 2.24) is 0 Å². The van der Waals surface area contributed by atoms with E-state index in [1.165, 1.54) is 0 Å². The molecule has 0 N–H and O–H groups in total. The Balaban J connectivity index is 1.35. The number of unbranched alkanes of at least 4 members (excludes halogenated alkanes) is 30. The van der Waals surface area contributed by atoms with Crippen LogP contribution in [0.1, 0.15) is 335 Å². The average molecular weight is 2150 g/mol. The number of esters is 6. The normalized spacial score (nSPS) is 11.5. The maximum absolute atomic E-state index is 17.2. The lowest BCUT2D eigenvalue weighted by molar-refractivity contribution is 0.0644. The molecule has 0 aliphatic heterocycles. The Hall–Kier alpha value is -13.1. The van der Waals surface area contributed by atoms with E-state index in [1.54, 1.807) is 0 Å². The van der Waals surface area contributed by atoms with Gasteiger partial charge in [0.05, 0.1) is 39.6 Å². The first-order valence-electron chi connectivity index (χ1n) is 49.6. The molecule has 42 heteroatoms. The minimum absolute atomic E-state index is 0.0209. The first kappa shape index (κ1) is 119. The number of ether oxygens (including phenoxy) is 12. The number of hydrogen-bond acceptors (Lipinski definition) is 18. The van der Waals surface area contributed by atoms with Gasteiger partial charge in [0.25, 0.3) is 0 Å². The molecule has 0 fully saturated rings. The van der Waals surface area contributed by atoms with Gasteiger partial charge in [-0.2, -0.15) is 52.7 Å². The van der Waals surface area contributed by atoms with Crippen molar-refractivity contribution in [3.8, 4) is 69.0 Å². The molecule has 0 amide bonds. The van der Waals surface area contributed by atoms with Crippen LogP contribution in [-0.4, -0.2) is 75.5 Å². The van der Waals surface area contributed by atoms with Gasteiger partial charge >= 0.3 is 35.8 Å². The quantitative estimate of drug-likeness (QED) is 0.00865. The Bertz CT molecular complexity index is 6380. The van der Waals surface area contributed by atoms with E-state index >= 15 is 120 Å². The summed E-state index contributed by atoms with van der Waals surface area (Å²) in [6.45, 7) is 7.16. The Morgan fingerprint density at radius 1 is 0.173 bits per heavy atom. The molecular formula is C108H108F24O18. The van der Waals surface area contributed by atoms with Crippen LogP contribution in [0.4, 0.5) is 105 Å². The summed E-state index contributed by atoms with van der Waals surface area (Å²) >= 11 is 0. The summed E-state index contributed by atoms with van der Waals surface area (Å²) in [6, 6.07) is 1.37. The summed E-state index contributed by atoms with van der Waals surface area (Å²) in [5, 5.41) is -7.82. The molecule has 0 aliphatic carbocycles. The molecule has 0 spiro atoms. The first-order chi connectivity index (χ1) is 71.8. The van der Waals surface area contributed by atoms with Crippen LogP contribution in [0.25, 0.3) is 32.3 Å². The molecule has 18 nitrogen and oxygen atoms in total. The van der Waals surface area contributed by atoms with E-state index < -0.39 is 350 Å². The van der Waals surface area contributed by atoms with E-state index in [0.717, 1.165) is 70.6 Å². The van der Waals surface area contributed by atoms with Gasteiger partial charge in [-0.3, -0.25) is 0 Å². The maximum atomic E-state index is 17.2. The van der Waals surface area contributed by atoms with Crippen LogP contribution in [0.15, 0.2) is 36.4 Å². The average Bonchev–Trinajstić information content (AvgIpc) is 0.709. The zero-order chi connectivity index (χ0) is 110. The first-order valence-corrected chi connectivity index (χ1v) is 49.6. The molecule has 150 heavy (non-hydrogen) atoms. The molecule has 0 saturated carbocycles. The molecule has 10 rings (SSSR count). The molecule has 816 valence electrons. The van der Waals surface area contributed by atoms with Gasteiger partial charge in [0.1, 0.15) is 39.1 Å². The van der Waals surface area contributed by atoms with E-state index in [2.05, 4.69) is 0 Å². The SMILES string of the molecule is CCCCCCCCOc1c(F)c(F)c(C(=O)Oc2ccc3c(c2)c2cc(OC(=O)c4c(F)c(F)c(OCCCCCCCC)c(F)c4F)c(OC(=O)c4c(F)c(F)c(OCCCCCCCC)c(F)c4F)cc2c2c(OC(=O)c4c(F)c(F)c(OCCCCCCCC)c(F)c4F)c(OC(=O)c4c(F)c(F)c(OCCCCCCCC)c(F)c4F)c(OC(=O)c4c(F)c(F)c(OCCCCCCCC)c(F)c4F)cc32)c(F)c1F. The van der Waals surface area contributed by atoms with Crippen molar-refractivity contribution in [2.75, 3.05) is 39.6 Å². The van der Waals surface area contributed by atoms with Crippen LogP contribution >= 0.6 is 0 Å². The highest BCUT2D eigenvalue weighted by atomic mass is 19.2. The monoisotopic (exact) mass is 2150 g/mol. The van der Waals surface area contributed by atoms with Crippen LogP contribution < -0.4 is 56.8 Å². The molecule has 0 aromatic heterocycles. The summed E-state index contributed by atoms with van der Waals surface area (Å²) in [4.78, 5) is 90.0. The van der Waals surface area contributed by atoms with Crippen molar-refractivity contribution in [3.05, 3.63) is 209 Å². The summed E-state index contributed by atoms with van der Waals surface area (Å²) in [6.07, 6.45) is 17.6. The van der Waals surface area contributed by atoms with E-state index in [1.807, 2.05) is 41.5 Å². The smallest absolute Gasteiger partial charge is 0.350 e. The zero-order valence-electron chi connectivity index (χ0n) is 82.6. The molecule has 0 bridgehead atoms. The Morgan fingerprint density at radius 2 is 0.353 bits per heavy atom. The minimum atomic E-state index is -3.00. The van der Waals surface area contributed by atoms with Gasteiger partial charge in [-0.1, -0.05) is 240 Å². The molecule has 0 unspecified atom stereocenters. The molecule has 0 saturated heterocycles. The van der Waals surface area contributed by atoms with E-state index in [9.17, 15) is 14.4 Å². The van der Waals surface area contributed by atoms with Crippen LogP contribution in [0, 0.1) is 140 Å². The van der Waals surface area contributed by atoms with Crippen molar-refractivity contribution in [2.45, 2.75) is 273 Å². The molecule has 0 aliphatic rings. The van der Waals surface area contributed by atoms with Crippen molar-refractivity contribution in [3.63, 3.8) is 0 Å². The second kappa shape index (κ2) is 56.7. The van der Waals surface area contributed by atoms with E-state index in [-0.39, 0.29) is 69.6 Å². The van der Waals surface area contributed by atoms with Crippen LogP contribution in [0.2, 0.25) is 0 Å². The number of fused-ring (bicyclic) bond motifs is 6.